The van der Waals surface area contributed by atoms with Gasteiger partial charge in [0.15, 0.2) is 0 Å². The number of anilines is 1. The van der Waals surface area contributed by atoms with Gasteiger partial charge in [-0.15, -0.1) is 10.2 Å². The number of hydrogen-bond acceptors (Lipinski definition) is 4. The van der Waals surface area contributed by atoms with Gasteiger partial charge in [-0.1, -0.05) is 35.1 Å². The van der Waals surface area contributed by atoms with Crippen LogP contribution in [0.25, 0.3) is 0 Å². The van der Waals surface area contributed by atoms with Gasteiger partial charge >= 0.3 is 0 Å². The molecule has 1 aliphatic carbocycles. The van der Waals surface area contributed by atoms with Crippen molar-refractivity contribution in [1.29, 1.82) is 0 Å². The van der Waals surface area contributed by atoms with E-state index in [0.717, 1.165) is 22.3 Å². The second-order valence-electron chi connectivity index (χ2n) is 4.66. The first-order valence-corrected chi connectivity index (χ1v) is 7.24. The lowest BCUT2D eigenvalue weighted by molar-refractivity contribution is 0.968. The highest BCUT2D eigenvalue weighted by Gasteiger charge is 2.27. The minimum atomic E-state index is 0.677. The first kappa shape index (κ1) is 11.9. The second-order valence-corrected chi connectivity index (χ2v) is 6.07. The number of halogens is 1. The van der Waals surface area contributed by atoms with Crippen molar-refractivity contribution in [2.24, 2.45) is 0 Å². The molecule has 0 spiro atoms. The summed E-state index contributed by atoms with van der Waals surface area (Å²) in [6.45, 7) is 2.78. The SMILES string of the molecule is Cc1cc(CNc2nnc(C3CC3)s2)ccc1Cl. The molecule has 3 rings (SSSR count). The van der Waals surface area contributed by atoms with E-state index < -0.39 is 0 Å². The second kappa shape index (κ2) is 4.86. The predicted molar refractivity (Wildman–Crippen MR) is 75.4 cm³/mol. The highest BCUT2D eigenvalue weighted by Crippen LogP contribution is 2.42. The highest BCUT2D eigenvalue weighted by molar-refractivity contribution is 7.15. The van der Waals surface area contributed by atoms with Gasteiger partial charge in [0.1, 0.15) is 5.01 Å². The summed E-state index contributed by atoms with van der Waals surface area (Å²) in [4.78, 5) is 0. The van der Waals surface area contributed by atoms with E-state index in [9.17, 15) is 0 Å². The van der Waals surface area contributed by atoms with Crippen molar-refractivity contribution in [3.63, 3.8) is 0 Å². The maximum atomic E-state index is 6.00. The Morgan fingerprint density at radius 1 is 1.39 bits per heavy atom. The zero-order valence-corrected chi connectivity index (χ0v) is 11.7. The zero-order valence-electron chi connectivity index (χ0n) is 10.1. The van der Waals surface area contributed by atoms with E-state index in [1.807, 2.05) is 19.1 Å². The van der Waals surface area contributed by atoms with Crippen molar-refractivity contribution in [3.8, 4) is 0 Å². The summed E-state index contributed by atoms with van der Waals surface area (Å²) in [6, 6.07) is 6.06. The molecule has 94 valence electrons. The maximum absolute atomic E-state index is 6.00. The summed E-state index contributed by atoms with van der Waals surface area (Å²) >= 11 is 7.67. The first-order valence-electron chi connectivity index (χ1n) is 6.04. The summed E-state index contributed by atoms with van der Waals surface area (Å²) in [5, 5.41) is 14.6. The van der Waals surface area contributed by atoms with Crippen molar-refractivity contribution < 1.29 is 0 Å². The Morgan fingerprint density at radius 2 is 2.22 bits per heavy atom. The normalized spacial score (nSPS) is 14.8. The molecule has 1 aromatic carbocycles. The van der Waals surface area contributed by atoms with Gasteiger partial charge in [-0.2, -0.15) is 0 Å². The maximum Gasteiger partial charge on any atom is 0.205 e. The Balaban J connectivity index is 1.63. The monoisotopic (exact) mass is 279 g/mol. The molecule has 1 heterocycles. The molecule has 0 saturated heterocycles. The number of nitrogens with zero attached hydrogens (tertiary/aromatic N) is 2. The zero-order chi connectivity index (χ0) is 12.5. The molecular weight excluding hydrogens is 266 g/mol. The fraction of sp³-hybridized carbons (Fsp3) is 0.385. The van der Waals surface area contributed by atoms with E-state index in [2.05, 4.69) is 21.6 Å². The van der Waals surface area contributed by atoms with Crippen molar-refractivity contribution in [1.82, 2.24) is 10.2 Å². The average molecular weight is 280 g/mol. The summed E-state index contributed by atoms with van der Waals surface area (Å²) in [5.41, 5.74) is 2.31. The Labute approximate surface area is 115 Å². The number of benzene rings is 1. The summed E-state index contributed by atoms with van der Waals surface area (Å²) in [6.07, 6.45) is 2.54. The van der Waals surface area contributed by atoms with Crippen LogP contribution in [0, 0.1) is 6.92 Å². The number of aromatic nitrogens is 2. The van der Waals surface area contributed by atoms with Gasteiger partial charge in [0.05, 0.1) is 0 Å². The van der Waals surface area contributed by atoms with Gasteiger partial charge in [-0.05, 0) is 37.0 Å². The molecule has 0 amide bonds. The van der Waals surface area contributed by atoms with Crippen LogP contribution < -0.4 is 5.32 Å². The lowest BCUT2D eigenvalue weighted by Gasteiger charge is -2.04. The highest BCUT2D eigenvalue weighted by atomic mass is 35.5. The Kier molecular flexibility index (Phi) is 3.22. The molecule has 1 fully saturated rings. The van der Waals surface area contributed by atoms with Crippen LogP contribution in [0.1, 0.15) is 34.9 Å². The summed E-state index contributed by atoms with van der Waals surface area (Å²) in [7, 11) is 0. The van der Waals surface area contributed by atoms with E-state index in [-0.39, 0.29) is 0 Å². The number of aryl methyl sites for hydroxylation is 1. The summed E-state index contributed by atoms with van der Waals surface area (Å²) < 4.78 is 0. The summed E-state index contributed by atoms with van der Waals surface area (Å²) in [5.74, 6) is 0.677. The molecule has 0 bridgehead atoms. The van der Waals surface area contributed by atoms with Crippen LogP contribution in [0.15, 0.2) is 18.2 Å². The minimum Gasteiger partial charge on any atom is -0.356 e. The topological polar surface area (TPSA) is 37.8 Å². The van der Waals surface area contributed by atoms with Gasteiger partial charge in [-0.3, -0.25) is 0 Å². The van der Waals surface area contributed by atoms with Crippen molar-refractivity contribution in [2.75, 3.05) is 5.32 Å². The fourth-order valence-electron chi connectivity index (χ4n) is 1.80. The average Bonchev–Trinajstić information content (AvgIpc) is 3.11. The van der Waals surface area contributed by atoms with Crippen LogP contribution in [0.3, 0.4) is 0 Å². The van der Waals surface area contributed by atoms with Gasteiger partial charge < -0.3 is 5.32 Å². The largest absolute Gasteiger partial charge is 0.356 e. The Bertz CT molecular complexity index is 563. The molecule has 1 saturated carbocycles. The van der Waals surface area contributed by atoms with E-state index in [0.29, 0.717) is 5.92 Å². The predicted octanol–water partition coefficient (Wildman–Crippen LogP) is 3.99. The van der Waals surface area contributed by atoms with Gasteiger partial charge in [-0.25, -0.2) is 0 Å². The van der Waals surface area contributed by atoms with Crippen LogP contribution in [-0.4, -0.2) is 10.2 Å². The van der Waals surface area contributed by atoms with E-state index in [1.54, 1.807) is 11.3 Å². The molecule has 0 atom stereocenters. The molecule has 2 aromatic rings. The Hall–Kier alpha value is -1.13. The van der Waals surface area contributed by atoms with E-state index in [4.69, 9.17) is 11.6 Å². The molecule has 1 aliphatic rings. The van der Waals surface area contributed by atoms with E-state index >= 15 is 0 Å². The molecule has 1 N–H and O–H groups in total. The van der Waals surface area contributed by atoms with Gasteiger partial charge in [0.25, 0.3) is 0 Å². The quantitative estimate of drug-likeness (QED) is 0.920. The third-order valence-corrected chi connectivity index (χ3v) is 4.50. The third kappa shape index (κ3) is 2.65. The number of hydrogen-bond donors (Lipinski definition) is 1. The number of rotatable bonds is 4. The molecule has 18 heavy (non-hydrogen) atoms. The molecule has 0 aliphatic heterocycles. The van der Waals surface area contributed by atoms with E-state index in [1.165, 1.54) is 23.4 Å². The van der Waals surface area contributed by atoms with Gasteiger partial charge in [0, 0.05) is 17.5 Å². The number of nitrogens with one attached hydrogen (secondary N) is 1. The van der Waals surface area contributed by atoms with Crippen LogP contribution in [-0.2, 0) is 6.54 Å². The first-order chi connectivity index (χ1) is 8.72. The van der Waals surface area contributed by atoms with Gasteiger partial charge in [0.2, 0.25) is 5.13 Å². The Morgan fingerprint density at radius 3 is 2.94 bits per heavy atom. The molecule has 3 nitrogen and oxygen atoms in total. The molecule has 0 unspecified atom stereocenters. The molecule has 0 radical (unpaired) electrons. The van der Waals surface area contributed by atoms with Crippen molar-refractivity contribution in [3.05, 3.63) is 39.4 Å². The van der Waals surface area contributed by atoms with Crippen molar-refractivity contribution in [2.45, 2.75) is 32.2 Å². The van der Waals surface area contributed by atoms with Crippen LogP contribution in [0.4, 0.5) is 5.13 Å². The standard InChI is InChI=1S/C13H14ClN3S/c1-8-6-9(2-5-11(8)14)7-15-13-17-16-12(18-13)10-3-4-10/h2,5-6,10H,3-4,7H2,1H3,(H,15,17). The van der Waals surface area contributed by atoms with Crippen molar-refractivity contribution >= 4 is 28.1 Å². The third-order valence-electron chi connectivity index (χ3n) is 3.03. The molecule has 5 heteroatoms. The molecule has 1 aromatic heterocycles. The lowest BCUT2D eigenvalue weighted by atomic mass is 10.1. The minimum absolute atomic E-state index is 0.677. The van der Waals surface area contributed by atoms with Crippen LogP contribution in [0.5, 0.6) is 0 Å². The van der Waals surface area contributed by atoms with Crippen LogP contribution in [0.2, 0.25) is 5.02 Å². The molecular formula is C13H14ClN3S. The smallest absolute Gasteiger partial charge is 0.205 e. The lowest BCUT2D eigenvalue weighted by Crippen LogP contribution is -1.99. The fourth-order valence-corrected chi connectivity index (χ4v) is 2.82. The van der Waals surface area contributed by atoms with Crippen LogP contribution >= 0.6 is 22.9 Å².